The van der Waals surface area contributed by atoms with Gasteiger partial charge in [-0.25, -0.2) is 28.1 Å². The summed E-state index contributed by atoms with van der Waals surface area (Å²) < 4.78 is 32.6. The minimum absolute atomic E-state index is 0.0621. The van der Waals surface area contributed by atoms with E-state index in [4.69, 9.17) is 21.4 Å². The Morgan fingerprint density at radius 3 is 2.62 bits per heavy atom. The first-order chi connectivity index (χ1) is 20.0. The molecule has 15 heteroatoms. The van der Waals surface area contributed by atoms with E-state index in [0.717, 1.165) is 0 Å². The van der Waals surface area contributed by atoms with Gasteiger partial charge in [0.1, 0.15) is 30.6 Å². The lowest BCUT2D eigenvalue weighted by atomic mass is 10.1. The molecule has 12 nitrogen and oxygen atoms in total. The van der Waals surface area contributed by atoms with Gasteiger partial charge in [-0.1, -0.05) is 23.7 Å². The average Bonchev–Trinajstić information content (AvgIpc) is 2.95. The molecule has 0 saturated heterocycles. The van der Waals surface area contributed by atoms with Crippen molar-refractivity contribution < 1.29 is 37.8 Å². The lowest BCUT2D eigenvalue weighted by molar-refractivity contribution is -0.135. The second-order valence-corrected chi connectivity index (χ2v) is 9.44. The zero-order valence-corrected chi connectivity index (χ0v) is 23.2. The van der Waals surface area contributed by atoms with Crippen molar-refractivity contribution in [2.24, 2.45) is 0 Å². The molecule has 1 heterocycles. The van der Waals surface area contributed by atoms with Crippen LogP contribution in [0, 0.1) is 11.6 Å². The zero-order chi connectivity index (χ0) is 30.6. The summed E-state index contributed by atoms with van der Waals surface area (Å²) in [5.74, 6) is -2.14. The number of urea groups is 2. The Bertz CT molecular complexity index is 1450. The number of ether oxygens (including phenoxy) is 1. The van der Waals surface area contributed by atoms with Crippen molar-refractivity contribution >= 4 is 52.3 Å². The van der Waals surface area contributed by atoms with Crippen molar-refractivity contribution in [2.45, 2.75) is 25.4 Å². The van der Waals surface area contributed by atoms with Crippen LogP contribution in [0.2, 0.25) is 5.02 Å². The highest BCUT2D eigenvalue weighted by atomic mass is 35.5. The molecule has 1 aromatic heterocycles. The highest BCUT2D eigenvalue weighted by Crippen LogP contribution is 2.20. The summed E-state index contributed by atoms with van der Waals surface area (Å²) in [7, 11) is 1.47. The standard InChI is InChI=1S/C27H29ClF2N6O6/c1-36(26(40)34-13-17-4-2-6-21(30)24(17)28)20(5-3-9-31-25(39)33-14-23(37)38)15-42-27(41)35-22-11-18-10-19(29)8-7-16(18)12-32-22/h2,4,6-8,10-12,20H,3,5,9,13-15H2,1H3,(H,34,40)(H,37,38)(H2,31,33,39)(H,32,35,41). The third kappa shape index (κ3) is 9.73. The van der Waals surface area contributed by atoms with E-state index >= 15 is 0 Å². The molecule has 1 unspecified atom stereocenters. The van der Waals surface area contributed by atoms with Crippen LogP contribution in [-0.2, 0) is 16.1 Å². The monoisotopic (exact) mass is 606 g/mol. The summed E-state index contributed by atoms with van der Waals surface area (Å²) >= 11 is 5.96. The molecule has 3 rings (SSSR count). The van der Waals surface area contributed by atoms with Crippen molar-refractivity contribution in [3.8, 4) is 0 Å². The van der Waals surface area contributed by atoms with Crippen LogP contribution in [0.1, 0.15) is 18.4 Å². The highest BCUT2D eigenvalue weighted by Gasteiger charge is 2.22. The van der Waals surface area contributed by atoms with Gasteiger partial charge >= 0.3 is 24.1 Å². The molecule has 0 fully saturated rings. The quantitative estimate of drug-likeness (QED) is 0.194. The van der Waals surface area contributed by atoms with Crippen molar-refractivity contribution in [1.82, 2.24) is 25.8 Å². The van der Waals surface area contributed by atoms with Crippen molar-refractivity contribution in [2.75, 3.05) is 32.1 Å². The topological polar surface area (TPSA) is 162 Å². The molecular weight excluding hydrogens is 578 g/mol. The maximum atomic E-state index is 13.7. The first-order valence-electron chi connectivity index (χ1n) is 12.7. The Labute approximate surface area is 244 Å². The predicted octanol–water partition coefficient (Wildman–Crippen LogP) is 4.09. The third-order valence-electron chi connectivity index (χ3n) is 6.05. The summed E-state index contributed by atoms with van der Waals surface area (Å²) in [6.07, 6.45) is 1.21. The number of hydrogen-bond acceptors (Lipinski definition) is 6. The van der Waals surface area contributed by atoms with E-state index in [-0.39, 0.29) is 37.0 Å². The normalized spacial score (nSPS) is 11.3. The predicted molar refractivity (Wildman–Crippen MR) is 150 cm³/mol. The minimum atomic E-state index is -1.20. The number of carboxylic acid groups (broad SMARTS) is 1. The summed E-state index contributed by atoms with van der Waals surface area (Å²) in [6.45, 7) is -0.714. The summed E-state index contributed by atoms with van der Waals surface area (Å²) in [6, 6.07) is 7.94. The number of aliphatic carboxylic acids is 1. The molecule has 3 aromatic rings. The zero-order valence-electron chi connectivity index (χ0n) is 22.5. The van der Waals surface area contributed by atoms with Crippen LogP contribution < -0.4 is 21.3 Å². The van der Waals surface area contributed by atoms with E-state index < -0.39 is 48.3 Å². The highest BCUT2D eigenvalue weighted by molar-refractivity contribution is 6.31. The van der Waals surface area contributed by atoms with Gasteiger partial charge in [0.25, 0.3) is 0 Å². The molecule has 0 spiro atoms. The molecule has 2 aromatic carbocycles. The lowest BCUT2D eigenvalue weighted by Crippen LogP contribution is -2.46. The van der Waals surface area contributed by atoms with Crippen LogP contribution in [0.5, 0.6) is 0 Å². The minimum Gasteiger partial charge on any atom is -0.480 e. The van der Waals surface area contributed by atoms with Crippen molar-refractivity contribution in [3.05, 3.63) is 70.9 Å². The number of aromatic nitrogens is 1. The lowest BCUT2D eigenvalue weighted by Gasteiger charge is -2.28. The average molecular weight is 607 g/mol. The number of benzene rings is 2. The van der Waals surface area contributed by atoms with Crippen LogP contribution >= 0.6 is 11.6 Å². The molecule has 224 valence electrons. The van der Waals surface area contributed by atoms with E-state index in [1.807, 2.05) is 0 Å². The van der Waals surface area contributed by atoms with E-state index in [0.29, 0.717) is 22.8 Å². The number of nitrogens with one attached hydrogen (secondary N) is 4. The Morgan fingerprint density at radius 1 is 1.07 bits per heavy atom. The Balaban J connectivity index is 1.59. The van der Waals surface area contributed by atoms with Gasteiger partial charge in [-0.05, 0) is 54.1 Å². The molecule has 0 saturated carbocycles. The molecule has 1 atom stereocenters. The smallest absolute Gasteiger partial charge is 0.412 e. The van der Waals surface area contributed by atoms with Crippen molar-refractivity contribution in [1.29, 1.82) is 0 Å². The van der Waals surface area contributed by atoms with E-state index in [1.54, 1.807) is 12.1 Å². The van der Waals surface area contributed by atoms with E-state index in [2.05, 4.69) is 26.3 Å². The maximum absolute atomic E-state index is 13.7. The Morgan fingerprint density at radius 2 is 1.86 bits per heavy atom. The number of amides is 5. The number of carbonyl (C=O) groups is 4. The number of carboxylic acids is 1. The number of likely N-dealkylation sites (N-methyl/N-ethyl adjacent to an activating group) is 1. The van der Waals surface area contributed by atoms with Gasteiger partial charge in [0.2, 0.25) is 0 Å². The first kappa shape index (κ1) is 31.8. The van der Waals surface area contributed by atoms with Gasteiger partial charge in [-0.3, -0.25) is 10.1 Å². The fraction of sp³-hybridized carbons (Fsp3) is 0.296. The SMILES string of the molecule is CN(C(=O)NCc1cccc(F)c1Cl)C(CCCNC(=O)NCC(=O)O)COC(=O)Nc1cc2cc(F)ccc2cn1. The largest absolute Gasteiger partial charge is 0.480 e. The molecule has 5 amide bonds. The number of rotatable bonds is 12. The molecule has 0 radical (unpaired) electrons. The third-order valence-corrected chi connectivity index (χ3v) is 6.47. The maximum Gasteiger partial charge on any atom is 0.412 e. The van der Waals surface area contributed by atoms with Gasteiger partial charge in [0, 0.05) is 31.7 Å². The number of carbonyl (C=O) groups excluding carboxylic acids is 3. The second-order valence-electron chi connectivity index (χ2n) is 9.07. The summed E-state index contributed by atoms with van der Waals surface area (Å²) in [5, 5.41) is 19.5. The fourth-order valence-electron chi connectivity index (χ4n) is 3.79. The van der Waals surface area contributed by atoms with E-state index in [9.17, 15) is 28.0 Å². The van der Waals surface area contributed by atoms with Crippen LogP contribution in [0.4, 0.5) is 29.0 Å². The van der Waals surface area contributed by atoms with Crippen LogP contribution in [0.25, 0.3) is 10.8 Å². The molecular formula is C27H29ClF2N6O6. The van der Waals surface area contributed by atoms with E-state index in [1.165, 1.54) is 48.5 Å². The fourth-order valence-corrected chi connectivity index (χ4v) is 3.98. The summed E-state index contributed by atoms with van der Waals surface area (Å²) in [4.78, 5) is 53.1. The van der Waals surface area contributed by atoms with Gasteiger partial charge in [0.15, 0.2) is 0 Å². The van der Waals surface area contributed by atoms with Crippen LogP contribution in [0.15, 0.2) is 48.7 Å². The first-order valence-corrected chi connectivity index (χ1v) is 13.1. The van der Waals surface area contributed by atoms with Gasteiger partial charge in [0.05, 0.1) is 11.1 Å². The number of fused-ring (bicyclic) bond motifs is 1. The molecule has 0 aliphatic carbocycles. The Kier molecular flexibility index (Phi) is 11.6. The number of halogens is 3. The Hall–Kier alpha value is -4.72. The number of anilines is 1. The van der Waals surface area contributed by atoms with Crippen molar-refractivity contribution in [3.63, 3.8) is 0 Å². The van der Waals surface area contributed by atoms with Gasteiger partial charge in [-0.15, -0.1) is 0 Å². The number of nitrogens with zero attached hydrogens (tertiary/aromatic N) is 2. The summed E-state index contributed by atoms with van der Waals surface area (Å²) in [5.41, 5.74) is 0.366. The molecule has 0 aliphatic heterocycles. The second kappa shape index (κ2) is 15.3. The molecule has 5 N–H and O–H groups in total. The van der Waals surface area contributed by atoms with Gasteiger partial charge < -0.3 is 30.7 Å². The number of pyridine rings is 1. The molecule has 0 bridgehead atoms. The van der Waals surface area contributed by atoms with Gasteiger partial charge in [-0.2, -0.15) is 0 Å². The van der Waals surface area contributed by atoms with Crippen LogP contribution in [-0.4, -0.2) is 71.9 Å². The molecule has 42 heavy (non-hydrogen) atoms. The van der Waals surface area contributed by atoms with Crippen LogP contribution in [0.3, 0.4) is 0 Å². The number of hydrogen-bond donors (Lipinski definition) is 5. The molecule has 0 aliphatic rings.